The number of carbonyl (C=O) groups is 2. The Balaban J connectivity index is 2.51. The Hall–Kier alpha value is -1.60. The monoisotopic (exact) mass is 408 g/mol. The second-order valence-corrected chi connectivity index (χ2v) is 8.79. The molecule has 2 N–H and O–H groups in total. The molecule has 1 unspecified atom stereocenters. The first kappa shape index (κ1) is 21.7. The van der Waals surface area contributed by atoms with E-state index in [1.54, 1.807) is 30.4 Å². The largest absolute Gasteiger partial charge is 0.463 e. The van der Waals surface area contributed by atoms with Crippen molar-refractivity contribution in [3.8, 4) is 0 Å². The lowest BCUT2D eigenvalue weighted by atomic mass is 9.95. The van der Waals surface area contributed by atoms with Crippen molar-refractivity contribution in [3.05, 3.63) is 47.2 Å². The van der Waals surface area contributed by atoms with E-state index in [2.05, 4.69) is 24.5 Å². The fraction of sp³-hybridized carbons (Fsp3) is 0.500. The van der Waals surface area contributed by atoms with Crippen LogP contribution in [0.15, 0.2) is 41.6 Å². The Kier molecular flexibility index (Phi) is 9.07. The molecule has 148 valence electrons. The summed E-state index contributed by atoms with van der Waals surface area (Å²) >= 11 is 3.52. The molecule has 1 aliphatic heterocycles. The van der Waals surface area contributed by atoms with Crippen molar-refractivity contribution in [3.63, 3.8) is 0 Å². The highest BCUT2D eigenvalue weighted by molar-refractivity contribution is 8.17. The van der Waals surface area contributed by atoms with Gasteiger partial charge in [-0.15, -0.1) is 23.5 Å². The second kappa shape index (κ2) is 11.3. The molecule has 1 aliphatic rings. The molecule has 0 spiro atoms. The maximum Gasteiger partial charge on any atom is 0.338 e. The van der Waals surface area contributed by atoms with Crippen LogP contribution in [0.1, 0.15) is 45.2 Å². The van der Waals surface area contributed by atoms with E-state index < -0.39 is 6.04 Å². The number of amides is 2. The predicted molar refractivity (Wildman–Crippen MR) is 114 cm³/mol. The first-order valence-corrected chi connectivity index (χ1v) is 11.5. The van der Waals surface area contributed by atoms with E-state index in [9.17, 15) is 9.59 Å². The third-order valence-corrected chi connectivity index (χ3v) is 7.09. The zero-order chi connectivity index (χ0) is 19.6. The van der Waals surface area contributed by atoms with Crippen molar-refractivity contribution in [2.24, 2.45) is 0 Å². The van der Waals surface area contributed by atoms with Crippen molar-refractivity contribution in [2.45, 2.75) is 44.2 Å². The fourth-order valence-corrected chi connectivity index (χ4v) is 5.33. The molecule has 1 heterocycles. The van der Waals surface area contributed by atoms with Gasteiger partial charge in [0.2, 0.25) is 0 Å². The Morgan fingerprint density at radius 3 is 2.30 bits per heavy atom. The maximum atomic E-state index is 12.9. The second-order valence-electron chi connectivity index (χ2n) is 6.06. The van der Waals surface area contributed by atoms with E-state index in [1.807, 2.05) is 30.3 Å². The molecule has 2 rings (SSSR count). The van der Waals surface area contributed by atoms with E-state index in [1.165, 1.54) is 0 Å². The highest BCUT2D eigenvalue weighted by atomic mass is 32.2. The highest BCUT2D eigenvalue weighted by Gasteiger charge is 2.36. The SMILES string of the molecule is CCCSC(SCCC)C1=C(C(=O)OCC)C(c2ccccc2)NC(=O)N1. The van der Waals surface area contributed by atoms with Crippen molar-refractivity contribution in [1.82, 2.24) is 10.6 Å². The average molecular weight is 409 g/mol. The van der Waals surface area contributed by atoms with Crippen LogP contribution < -0.4 is 10.6 Å². The Morgan fingerprint density at radius 1 is 1.11 bits per heavy atom. The number of nitrogens with one attached hydrogen (secondary N) is 2. The third-order valence-electron chi connectivity index (χ3n) is 3.91. The molecule has 1 aromatic rings. The molecule has 1 aromatic carbocycles. The summed E-state index contributed by atoms with van der Waals surface area (Å²) in [5.74, 6) is 1.54. The zero-order valence-corrected chi connectivity index (χ0v) is 17.8. The van der Waals surface area contributed by atoms with Gasteiger partial charge < -0.3 is 15.4 Å². The number of thioether (sulfide) groups is 2. The molecule has 2 amide bonds. The third kappa shape index (κ3) is 5.94. The normalized spacial score (nSPS) is 16.9. The van der Waals surface area contributed by atoms with E-state index in [4.69, 9.17) is 4.74 Å². The zero-order valence-electron chi connectivity index (χ0n) is 16.1. The summed E-state index contributed by atoms with van der Waals surface area (Å²) in [6.07, 6.45) is 2.06. The summed E-state index contributed by atoms with van der Waals surface area (Å²) in [5.41, 5.74) is 2.04. The van der Waals surface area contributed by atoms with Gasteiger partial charge in [0, 0.05) is 0 Å². The van der Waals surface area contributed by atoms with Gasteiger partial charge >= 0.3 is 12.0 Å². The van der Waals surface area contributed by atoms with Crippen LogP contribution in [0.3, 0.4) is 0 Å². The number of benzene rings is 1. The number of hydrogen-bond donors (Lipinski definition) is 2. The highest BCUT2D eigenvalue weighted by Crippen LogP contribution is 2.37. The van der Waals surface area contributed by atoms with Crippen LogP contribution >= 0.6 is 23.5 Å². The molecular formula is C20H28N2O3S2. The van der Waals surface area contributed by atoms with Gasteiger partial charge in [-0.05, 0) is 36.8 Å². The minimum atomic E-state index is -0.513. The standard InChI is InChI=1S/C20H28N2O3S2/c1-4-12-26-19(27-13-5-2)17-15(18(23)25-6-3)16(21-20(24)22-17)14-10-8-7-9-11-14/h7-11,16,19H,4-6,12-13H2,1-3H3,(H2,21,22,24). The van der Waals surface area contributed by atoms with Crippen LogP contribution in [0, 0.1) is 0 Å². The van der Waals surface area contributed by atoms with E-state index in [0.717, 1.165) is 29.9 Å². The van der Waals surface area contributed by atoms with Gasteiger partial charge in [-0.25, -0.2) is 9.59 Å². The van der Waals surface area contributed by atoms with Crippen molar-refractivity contribution < 1.29 is 14.3 Å². The van der Waals surface area contributed by atoms with Gasteiger partial charge in [-0.1, -0.05) is 44.2 Å². The molecule has 0 aliphatic carbocycles. The first-order chi connectivity index (χ1) is 13.1. The summed E-state index contributed by atoms with van der Waals surface area (Å²) < 4.78 is 5.34. The Labute approximate surface area is 170 Å². The van der Waals surface area contributed by atoms with Gasteiger partial charge in [0.15, 0.2) is 0 Å². The number of hydrogen-bond acceptors (Lipinski definition) is 5. The predicted octanol–water partition coefficient (Wildman–Crippen LogP) is 4.47. The summed E-state index contributed by atoms with van der Waals surface area (Å²) in [7, 11) is 0. The van der Waals surface area contributed by atoms with Crippen LogP contribution in [0.4, 0.5) is 4.79 Å². The Bertz CT molecular complexity index is 656. The summed E-state index contributed by atoms with van der Waals surface area (Å²) in [6.45, 7) is 6.34. The molecule has 7 heteroatoms. The van der Waals surface area contributed by atoms with Crippen LogP contribution in [0.25, 0.3) is 0 Å². The smallest absolute Gasteiger partial charge is 0.338 e. The van der Waals surface area contributed by atoms with E-state index >= 15 is 0 Å². The minimum absolute atomic E-state index is 0.0124. The number of urea groups is 1. The van der Waals surface area contributed by atoms with Crippen molar-refractivity contribution in [1.29, 1.82) is 0 Å². The molecule has 0 saturated carbocycles. The lowest BCUT2D eigenvalue weighted by Crippen LogP contribution is -2.47. The number of ether oxygens (including phenoxy) is 1. The number of carbonyl (C=O) groups excluding carboxylic acids is 2. The number of rotatable bonds is 10. The first-order valence-electron chi connectivity index (χ1n) is 9.39. The summed E-state index contributed by atoms with van der Waals surface area (Å²) in [6, 6.07) is 8.76. The molecule has 0 radical (unpaired) electrons. The van der Waals surface area contributed by atoms with E-state index in [-0.39, 0.29) is 16.6 Å². The molecule has 5 nitrogen and oxygen atoms in total. The summed E-state index contributed by atoms with van der Waals surface area (Å²) in [4.78, 5) is 25.3. The minimum Gasteiger partial charge on any atom is -0.463 e. The molecular weight excluding hydrogens is 380 g/mol. The van der Waals surface area contributed by atoms with Crippen LogP contribution in [-0.2, 0) is 9.53 Å². The average Bonchev–Trinajstić information content (AvgIpc) is 2.68. The fourth-order valence-electron chi connectivity index (χ4n) is 2.77. The maximum absolute atomic E-state index is 12.9. The van der Waals surface area contributed by atoms with Crippen molar-refractivity contribution in [2.75, 3.05) is 18.1 Å². The molecule has 0 aromatic heterocycles. The molecule has 0 fully saturated rings. The lowest BCUT2D eigenvalue weighted by molar-refractivity contribution is -0.139. The van der Waals surface area contributed by atoms with Crippen LogP contribution in [0.5, 0.6) is 0 Å². The molecule has 1 atom stereocenters. The van der Waals surface area contributed by atoms with E-state index in [0.29, 0.717) is 17.9 Å². The molecule has 0 saturated heterocycles. The Morgan fingerprint density at radius 2 is 1.74 bits per heavy atom. The van der Waals surface area contributed by atoms with Gasteiger partial charge in [0.1, 0.15) is 0 Å². The van der Waals surface area contributed by atoms with Crippen molar-refractivity contribution >= 4 is 35.5 Å². The number of esters is 1. The van der Waals surface area contributed by atoms with Gasteiger partial charge in [-0.3, -0.25) is 0 Å². The topological polar surface area (TPSA) is 67.4 Å². The molecule has 0 bridgehead atoms. The molecule has 27 heavy (non-hydrogen) atoms. The van der Waals surface area contributed by atoms with Gasteiger partial charge in [-0.2, -0.15) is 0 Å². The van der Waals surface area contributed by atoms with Gasteiger partial charge in [0.25, 0.3) is 0 Å². The van der Waals surface area contributed by atoms with Crippen LogP contribution in [-0.4, -0.2) is 34.7 Å². The summed E-state index contributed by atoms with van der Waals surface area (Å²) in [5, 5.41) is 5.80. The quantitative estimate of drug-likeness (QED) is 0.442. The van der Waals surface area contributed by atoms with Gasteiger partial charge in [0.05, 0.1) is 28.5 Å². The lowest BCUT2D eigenvalue weighted by Gasteiger charge is -2.32. The van der Waals surface area contributed by atoms with Crippen LogP contribution in [0.2, 0.25) is 0 Å².